The largest absolute Gasteiger partial charge is 0.342 e. The number of carbonyl (C=O) groups excluding carboxylic acids is 2. The summed E-state index contributed by atoms with van der Waals surface area (Å²) in [5, 5.41) is 2.88. The molecule has 0 aromatic rings. The number of hydrogen-bond donors (Lipinski definition) is 1. The molecular formula is C16H30N2O2. The second-order valence-corrected chi connectivity index (χ2v) is 8.02. The molecule has 4 heteroatoms. The van der Waals surface area contributed by atoms with Gasteiger partial charge >= 0.3 is 0 Å². The van der Waals surface area contributed by atoms with E-state index >= 15 is 0 Å². The molecule has 1 saturated heterocycles. The summed E-state index contributed by atoms with van der Waals surface area (Å²) >= 11 is 0. The zero-order valence-corrected chi connectivity index (χ0v) is 14.0. The Morgan fingerprint density at radius 3 is 2.25 bits per heavy atom. The number of nitrogens with one attached hydrogen (secondary N) is 1. The normalized spacial score (nSPS) is 23.2. The highest BCUT2D eigenvalue weighted by Gasteiger charge is 2.46. The van der Waals surface area contributed by atoms with Gasteiger partial charge in [0.1, 0.15) is 11.6 Å². The van der Waals surface area contributed by atoms with Crippen LogP contribution in [0.1, 0.15) is 61.3 Å². The summed E-state index contributed by atoms with van der Waals surface area (Å²) in [6.07, 6.45) is 1.59. The van der Waals surface area contributed by atoms with Crippen LogP contribution in [-0.2, 0) is 9.59 Å². The van der Waals surface area contributed by atoms with Gasteiger partial charge in [0.05, 0.1) is 0 Å². The van der Waals surface area contributed by atoms with E-state index in [0.717, 1.165) is 6.42 Å². The molecule has 1 fully saturated rings. The topological polar surface area (TPSA) is 49.4 Å². The van der Waals surface area contributed by atoms with E-state index in [1.54, 1.807) is 4.90 Å². The van der Waals surface area contributed by atoms with Crippen LogP contribution in [0.4, 0.5) is 0 Å². The Balaban J connectivity index is 2.90. The summed E-state index contributed by atoms with van der Waals surface area (Å²) in [5.74, 6) is 0.402. The van der Waals surface area contributed by atoms with E-state index in [1.807, 2.05) is 13.8 Å². The zero-order chi connectivity index (χ0) is 15.7. The first kappa shape index (κ1) is 17.0. The second-order valence-electron chi connectivity index (χ2n) is 8.02. The lowest BCUT2D eigenvalue weighted by atomic mass is 9.88. The predicted molar refractivity (Wildman–Crippen MR) is 81.2 cm³/mol. The van der Waals surface area contributed by atoms with E-state index in [-0.39, 0.29) is 23.3 Å². The number of piperazine rings is 1. The molecule has 4 nitrogen and oxygen atoms in total. The fourth-order valence-corrected chi connectivity index (χ4v) is 2.45. The number of nitrogens with zero attached hydrogens (tertiary/aromatic N) is 1. The summed E-state index contributed by atoms with van der Waals surface area (Å²) < 4.78 is 0. The first-order valence-corrected chi connectivity index (χ1v) is 7.57. The third kappa shape index (κ3) is 3.97. The van der Waals surface area contributed by atoms with Crippen molar-refractivity contribution in [3.8, 4) is 0 Å². The molecule has 0 radical (unpaired) electrons. The maximum absolute atomic E-state index is 12.7. The van der Waals surface area contributed by atoms with E-state index in [9.17, 15) is 9.59 Å². The van der Waals surface area contributed by atoms with Crippen molar-refractivity contribution in [2.45, 2.75) is 72.9 Å². The molecule has 20 heavy (non-hydrogen) atoms. The van der Waals surface area contributed by atoms with Gasteiger partial charge in [0.25, 0.3) is 0 Å². The van der Waals surface area contributed by atoms with Crippen molar-refractivity contribution in [1.82, 2.24) is 10.2 Å². The average molecular weight is 282 g/mol. The number of amides is 2. The van der Waals surface area contributed by atoms with E-state index in [2.05, 4.69) is 39.9 Å². The summed E-state index contributed by atoms with van der Waals surface area (Å²) in [6, 6.07) is -0.365. The zero-order valence-electron chi connectivity index (χ0n) is 14.0. The minimum Gasteiger partial charge on any atom is -0.342 e. The van der Waals surface area contributed by atoms with Gasteiger partial charge in [0, 0.05) is 6.54 Å². The van der Waals surface area contributed by atoms with E-state index < -0.39 is 5.54 Å². The molecule has 1 heterocycles. The minimum atomic E-state index is -0.754. The van der Waals surface area contributed by atoms with Crippen molar-refractivity contribution in [2.24, 2.45) is 11.3 Å². The highest BCUT2D eigenvalue weighted by Crippen LogP contribution is 2.27. The molecule has 0 spiro atoms. The van der Waals surface area contributed by atoms with Gasteiger partial charge in [-0.1, -0.05) is 34.6 Å². The smallest absolute Gasteiger partial charge is 0.246 e. The quantitative estimate of drug-likeness (QED) is 0.861. The first-order valence-electron chi connectivity index (χ1n) is 7.57. The Labute approximate surface area is 123 Å². The molecule has 1 aliphatic heterocycles. The van der Waals surface area contributed by atoms with Crippen molar-refractivity contribution >= 4 is 11.8 Å². The molecule has 0 saturated carbocycles. The van der Waals surface area contributed by atoms with E-state index in [1.165, 1.54) is 0 Å². The molecule has 1 atom stereocenters. The molecule has 1 rings (SSSR count). The maximum Gasteiger partial charge on any atom is 0.246 e. The molecule has 2 amide bonds. The average Bonchev–Trinajstić information content (AvgIpc) is 2.23. The Morgan fingerprint density at radius 2 is 1.80 bits per heavy atom. The van der Waals surface area contributed by atoms with Gasteiger partial charge in [0.15, 0.2) is 0 Å². The van der Waals surface area contributed by atoms with E-state index in [0.29, 0.717) is 18.9 Å². The number of rotatable bonds is 4. The van der Waals surface area contributed by atoms with Crippen LogP contribution in [0.15, 0.2) is 0 Å². The van der Waals surface area contributed by atoms with Crippen LogP contribution in [0, 0.1) is 11.3 Å². The summed E-state index contributed by atoms with van der Waals surface area (Å²) in [5.41, 5.74) is -0.604. The molecule has 0 aromatic heterocycles. The number of hydrogen-bond acceptors (Lipinski definition) is 2. The van der Waals surface area contributed by atoms with Crippen LogP contribution in [0.2, 0.25) is 0 Å². The highest BCUT2D eigenvalue weighted by atomic mass is 16.2. The minimum absolute atomic E-state index is 0.0448. The van der Waals surface area contributed by atoms with Gasteiger partial charge < -0.3 is 10.2 Å². The van der Waals surface area contributed by atoms with Crippen molar-refractivity contribution in [3.05, 3.63) is 0 Å². The molecule has 0 bridgehead atoms. The maximum atomic E-state index is 12.7. The summed E-state index contributed by atoms with van der Waals surface area (Å²) in [4.78, 5) is 26.7. The van der Waals surface area contributed by atoms with Crippen molar-refractivity contribution in [3.63, 3.8) is 0 Å². The monoisotopic (exact) mass is 282 g/mol. The Bertz CT molecular complexity index is 380. The molecule has 0 aliphatic carbocycles. The van der Waals surface area contributed by atoms with Gasteiger partial charge in [-0.25, -0.2) is 0 Å². The van der Waals surface area contributed by atoms with Crippen LogP contribution in [0.3, 0.4) is 0 Å². The van der Waals surface area contributed by atoms with Gasteiger partial charge in [-0.05, 0) is 38.0 Å². The Hall–Kier alpha value is -1.06. The summed E-state index contributed by atoms with van der Waals surface area (Å²) in [6.45, 7) is 14.9. The highest BCUT2D eigenvalue weighted by molar-refractivity contribution is 5.99. The second kappa shape index (κ2) is 5.74. The lowest BCUT2D eigenvalue weighted by molar-refractivity contribution is -0.156. The van der Waals surface area contributed by atoms with Crippen molar-refractivity contribution in [2.75, 3.05) is 6.54 Å². The van der Waals surface area contributed by atoms with Crippen LogP contribution >= 0.6 is 0 Å². The molecule has 0 aromatic carbocycles. The van der Waals surface area contributed by atoms with Crippen LogP contribution < -0.4 is 5.32 Å². The van der Waals surface area contributed by atoms with Gasteiger partial charge in [-0.2, -0.15) is 0 Å². The third-order valence-electron chi connectivity index (χ3n) is 3.89. The third-order valence-corrected chi connectivity index (χ3v) is 3.89. The van der Waals surface area contributed by atoms with Crippen LogP contribution in [-0.4, -0.2) is 34.8 Å². The van der Waals surface area contributed by atoms with Gasteiger partial charge in [-0.15, -0.1) is 0 Å². The SMILES string of the molecule is CC(C)CC1NC(=O)C(C)(C)N(CCC(C)(C)C)C1=O. The lowest BCUT2D eigenvalue weighted by Crippen LogP contribution is -2.68. The van der Waals surface area contributed by atoms with Gasteiger partial charge in [0.2, 0.25) is 11.8 Å². The van der Waals surface area contributed by atoms with E-state index in [4.69, 9.17) is 0 Å². The fourth-order valence-electron chi connectivity index (χ4n) is 2.45. The molecule has 1 aliphatic rings. The Morgan fingerprint density at radius 1 is 1.25 bits per heavy atom. The molecular weight excluding hydrogens is 252 g/mol. The lowest BCUT2D eigenvalue weighted by Gasteiger charge is -2.45. The summed E-state index contributed by atoms with van der Waals surface area (Å²) in [7, 11) is 0. The van der Waals surface area contributed by atoms with Crippen LogP contribution in [0.25, 0.3) is 0 Å². The Kier molecular flexibility index (Phi) is 4.88. The molecule has 116 valence electrons. The van der Waals surface area contributed by atoms with Crippen LogP contribution in [0.5, 0.6) is 0 Å². The number of carbonyl (C=O) groups is 2. The van der Waals surface area contributed by atoms with Gasteiger partial charge in [-0.3, -0.25) is 9.59 Å². The first-order chi connectivity index (χ1) is 8.95. The van der Waals surface area contributed by atoms with Crippen molar-refractivity contribution in [1.29, 1.82) is 0 Å². The molecule has 1 unspecified atom stereocenters. The predicted octanol–water partition coefficient (Wildman–Crippen LogP) is 2.57. The van der Waals surface area contributed by atoms with Crippen molar-refractivity contribution < 1.29 is 9.59 Å². The standard InChI is InChI=1S/C16H30N2O2/c1-11(2)10-12-13(19)18(9-8-15(3,4)5)16(6,7)14(20)17-12/h11-12H,8-10H2,1-7H3,(H,17,20). The molecule has 1 N–H and O–H groups in total. The fraction of sp³-hybridized carbons (Fsp3) is 0.875.